The molecule has 1 aromatic heterocycles. The molecule has 142 valence electrons. The van der Waals surface area contributed by atoms with E-state index in [0.29, 0.717) is 5.69 Å². The van der Waals surface area contributed by atoms with Crippen molar-refractivity contribution < 1.29 is 18.8 Å². The van der Waals surface area contributed by atoms with Gasteiger partial charge in [0.2, 0.25) is 5.88 Å². The summed E-state index contributed by atoms with van der Waals surface area (Å²) in [4.78, 5) is 22.2. The monoisotopic (exact) mass is 382 g/mol. The summed E-state index contributed by atoms with van der Waals surface area (Å²) in [6.45, 7) is 0.328. The Bertz CT molecular complexity index is 978. The van der Waals surface area contributed by atoms with Gasteiger partial charge in [-0.15, -0.1) is 10.2 Å². The van der Waals surface area contributed by atoms with Crippen molar-refractivity contribution in [3.8, 4) is 17.1 Å². The number of ether oxygens (including phenoxy) is 1. The van der Waals surface area contributed by atoms with Crippen molar-refractivity contribution in [1.82, 2.24) is 15.5 Å². The molecule has 1 amide bonds. The smallest absolute Gasteiger partial charge is 0.270 e. The molecule has 0 atom stereocenters. The highest BCUT2D eigenvalue weighted by Crippen LogP contribution is 2.18. The van der Waals surface area contributed by atoms with Crippen molar-refractivity contribution in [3.63, 3.8) is 0 Å². The molecular formula is C19H15FN4O4. The van der Waals surface area contributed by atoms with Crippen molar-refractivity contribution in [2.75, 3.05) is 13.2 Å². The van der Waals surface area contributed by atoms with Crippen LogP contribution in [0.1, 0.15) is 10.4 Å². The van der Waals surface area contributed by atoms with Crippen molar-refractivity contribution >= 4 is 11.6 Å². The van der Waals surface area contributed by atoms with E-state index in [1.165, 1.54) is 36.4 Å². The molecule has 0 bridgehead atoms. The fraction of sp³-hybridized carbons (Fsp3) is 0.105. The molecule has 28 heavy (non-hydrogen) atoms. The van der Waals surface area contributed by atoms with Gasteiger partial charge in [-0.2, -0.15) is 0 Å². The lowest BCUT2D eigenvalue weighted by atomic mass is 10.1. The number of hydrogen-bond acceptors (Lipinski definition) is 6. The number of aromatic nitrogens is 2. The topological polar surface area (TPSA) is 107 Å². The highest BCUT2D eigenvalue weighted by molar-refractivity contribution is 5.94. The molecule has 0 saturated heterocycles. The maximum atomic E-state index is 12.9. The highest BCUT2D eigenvalue weighted by atomic mass is 19.1. The van der Waals surface area contributed by atoms with Crippen molar-refractivity contribution in [2.45, 2.75) is 0 Å². The van der Waals surface area contributed by atoms with Crippen LogP contribution in [0.15, 0.2) is 60.7 Å². The minimum Gasteiger partial charge on any atom is -0.475 e. The molecule has 1 heterocycles. The molecule has 0 spiro atoms. The Morgan fingerprint density at radius 1 is 1.11 bits per heavy atom. The Hall–Kier alpha value is -3.88. The summed E-state index contributed by atoms with van der Waals surface area (Å²) < 4.78 is 18.4. The van der Waals surface area contributed by atoms with Gasteiger partial charge in [0.15, 0.2) is 0 Å². The van der Waals surface area contributed by atoms with E-state index >= 15 is 0 Å². The molecule has 1 N–H and O–H groups in total. The minimum atomic E-state index is -0.561. The largest absolute Gasteiger partial charge is 0.475 e. The summed E-state index contributed by atoms with van der Waals surface area (Å²) in [5, 5.41) is 21.3. The van der Waals surface area contributed by atoms with Gasteiger partial charge in [-0.1, -0.05) is 6.07 Å². The van der Waals surface area contributed by atoms with Crippen molar-refractivity contribution in [3.05, 3.63) is 82.2 Å². The molecule has 3 aromatic rings. The number of nitrogens with zero attached hydrogens (tertiary/aromatic N) is 3. The van der Waals surface area contributed by atoms with E-state index in [1.807, 2.05) is 0 Å². The van der Waals surface area contributed by atoms with Crippen molar-refractivity contribution in [2.24, 2.45) is 0 Å². The lowest BCUT2D eigenvalue weighted by Crippen LogP contribution is -2.28. The van der Waals surface area contributed by atoms with Crippen LogP contribution < -0.4 is 10.1 Å². The number of carbonyl (C=O) groups is 1. The zero-order chi connectivity index (χ0) is 19.9. The molecule has 0 unspecified atom stereocenters. The number of hydrogen-bond donors (Lipinski definition) is 1. The summed E-state index contributed by atoms with van der Waals surface area (Å²) in [5.41, 5.74) is 1.34. The standard InChI is InChI=1S/C19H15FN4O4/c20-15-6-4-13(5-7-15)17-8-9-18(23-22-17)28-11-10-21-19(25)14-2-1-3-16(12-14)24(26)27/h1-9,12H,10-11H2,(H,21,25). The van der Waals surface area contributed by atoms with Gasteiger partial charge in [0, 0.05) is 29.3 Å². The number of benzene rings is 2. The number of non-ortho nitro benzene ring substituents is 1. The maximum absolute atomic E-state index is 12.9. The average molecular weight is 382 g/mol. The number of carbonyl (C=O) groups excluding carboxylic acids is 1. The van der Waals surface area contributed by atoms with Gasteiger partial charge in [-0.05, 0) is 36.4 Å². The van der Waals surface area contributed by atoms with Gasteiger partial charge in [-0.3, -0.25) is 14.9 Å². The van der Waals surface area contributed by atoms with Crippen molar-refractivity contribution in [1.29, 1.82) is 0 Å². The van der Waals surface area contributed by atoms with Crippen LogP contribution >= 0.6 is 0 Å². The van der Waals surface area contributed by atoms with E-state index in [2.05, 4.69) is 15.5 Å². The second kappa shape index (κ2) is 8.67. The van der Waals surface area contributed by atoms with Crippen LogP contribution in [0.3, 0.4) is 0 Å². The number of halogens is 1. The lowest BCUT2D eigenvalue weighted by Gasteiger charge is -2.07. The molecule has 0 aliphatic heterocycles. The Kier molecular flexibility index (Phi) is 5.85. The first-order valence-electron chi connectivity index (χ1n) is 8.28. The Morgan fingerprint density at radius 3 is 2.57 bits per heavy atom. The van der Waals surface area contributed by atoms with Crippen LogP contribution in [0.25, 0.3) is 11.3 Å². The molecule has 0 aliphatic rings. The van der Waals surface area contributed by atoms with Gasteiger partial charge in [0.1, 0.15) is 12.4 Å². The first-order valence-corrected chi connectivity index (χ1v) is 8.28. The maximum Gasteiger partial charge on any atom is 0.270 e. The number of nitro groups is 1. The number of amides is 1. The van der Waals surface area contributed by atoms with Crippen LogP contribution in [0.2, 0.25) is 0 Å². The average Bonchev–Trinajstić information content (AvgIpc) is 2.72. The third kappa shape index (κ3) is 4.85. The van der Waals surface area contributed by atoms with Gasteiger partial charge >= 0.3 is 0 Å². The van der Waals surface area contributed by atoms with Gasteiger partial charge in [-0.25, -0.2) is 4.39 Å². The third-order valence-electron chi connectivity index (χ3n) is 3.74. The summed E-state index contributed by atoms with van der Waals surface area (Å²) in [6.07, 6.45) is 0. The second-order valence-electron chi connectivity index (χ2n) is 5.68. The molecule has 0 fully saturated rings. The van der Waals surface area contributed by atoms with Gasteiger partial charge < -0.3 is 10.1 Å². The van der Waals surface area contributed by atoms with E-state index in [-0.39, 0.29) is 36.1 Å². The molecule has 0 radical (unpaired) electrons. The van der Waals surface area contributed by atoms with Gasteiger partial charge in [0.25, 0.3) is 11.6 Å². The molecule has 3 rings (SSSR count). The fourth-order valence-corrected chi connectivity index (χ4v) is 2.35. The number of rotatable bonds is 7. The van der Waals surface area contributed by atoms with Crippen LogP contribution in [0.5, 0.6) is 5.88 Å². The van der Waals surface area contributed by atoms with E-state index in [0.717, 1.165) is 5.56 Å². The highest BCUT2D eigenvalue weighted by Gasteiger charge is 2.11. The molecule has 0 saturated carbocycles. The van der Waals surface area contributed by atoms with Crippen LogP contribution in [0.4, 0.5) is 10.1 Å². The summed E-state index contributed by atoms with van der Waals surface area (Å²) in [7, 11) is 0. The van der Waals surface area contributed by atoms with E-state index < -0.39 is 10.8 Å². The van der Waals surface area contributed by atoms with Crippen LogP contribution in [0, 0.1) is 15.9 Å². The van der Waals surface area contributed by atoms with E-state index in [4.69, 9.17) is 4.74 Å². The lowest BCUT2D eigenvalue weighted by molar-refractivity contribution is -0.384. The summed E-state index contributed by atoms with van der Waals surface area (Å²) in [6, 6.07) is 14.6. The fourth-order valence-electron chi connectivity index (χ4n) is 2.35. The second-order valence-corrected chi connectivity index (χ2v) is 5.68. The predicted molar refractivity (Wildman–Crippen MR) is 98.4 cm³/mol. The minimum absolute atomic E-state index is 0.144. The zero-order valence-electron chi connectivity index (χ0n) is 14.5. The van der Waals surface area contributed by atoms with E-state index in [1.54, 1.807) is 24.3 Å². The summed E-state index contributed by atoms with van der Waals surface area (Å²) in [5.74, 6) is -0.496. The van der Waals surface area contributed by atoms with Crippen LogP contribution in [-0.4, -0.2) is 34.2 Å². The van der Waals surface area contributed by atoms with Crippen LogP contribution in [-0.2, 0) is 0 Å². The molecule has 9 heteroatoms. The Labute approximate surface area is 159 Å². The predicted octanol–water partition coefficient (Wildman–Crippen LogP) is 3.00. The Morgan fingerprint density at radius 2 is 1.89 bits per heavy atom. The quantitative estimate of drug-likeness (QED) is 0.382. The number of nitro benzene ring substituents is 1. The first kappa shape index (κ1) is 18.9. The Balaban J connectivity index is 1.48. The molecule has 2 aromatic carbocycles. The zero-order valence-corrected chi connectivity index (χ0v) is 14.5. The SMILES string of the molecule is O=C(NCCOc1ccc(-c2ccc(F)cc2)nn1)c1cccc([N+](=O)[O-])c1. The van der Waals surface area contributed by atoms with E-state index in [9.17, 15) is 19.3 Å². The summed E-state index contributed by atoms with van der Waals surface area (Å²) >= 11 is 0. The molecule has 0 aliphatic carbocycles. The third-order valence-corrected chi connectivity index (χ3v) is 3.74. The number of nitrogens with one attached hydrogen (secondary N) is 1. The normalized spacial score (nSPS) is 10.3. The first-order chi connectivity index (χ1) is 13.5. The molecule has 8 nitrogen and oxygen atoms in total. The molecular weight excluding hydrogens is 367 g/mol. The van der Waals surface area contributed by atoms with Gasteiger partial charge in [0.05, 0.1) is 17.2 Å².